The smallest absolute Gasteiger partial charge is 0.216 e. The summed E-state index contributed by atoms with van der Waals surface area (Å²) in [6.45, 7) is 4.40. The fraction of sp³-hybridized carbons (Fsp3) is 0.875. The van der Waals surface area contributed by atoms with Crippen LogP contribution in [0.2, 0.25) is 0 Å². The molecule has 1 unspecified atom stereocenters. The summed E-state index contributed by atoms with van der Waals surface area (Å²) >= 11 is 0. The molecule has 20 heavy (non-hydrogen) atoms. The molecular weight excluding hydrogens is 254 g/mol. The van der Waals surface area contributed by atoms with E-state index in [0.29, 0.717) is 18.9 Å². The van der Waals surface area contributed by atoms with E-state index in [4.69, 9.17) is 0 Å². The van der Waals surface area contributed by atoms with Gasteiger partial charge in [-0.1, -0.05) is 45.4 Å². The van der Waals surface area contributed by atoms with Crippen molar-refractivity contribution in [3.8, 4) is 0 Å². The van der Waals surface area contributed by atoms with Gasteiger partial charge < -0.3 is 15.2 Å². The first kappa shape index (κ1) is 18.9. The lowest BCUT2D eigenvalue weighted by molar-refractivity contribution is -0.306. The lowest BCUT2D eigenvalue weighted by Gasteiger charge is -2.17. The molecule has 0 bridgehead atoms. The van der Waals surface area contributed by atoms with Gasteiger partial charge in [0.1, 0.15) is 0 Å². The van der Waals surface area contributed by atoms with Crippen molar-refractivity contribution in [3.05, 3.63) is 0 Å². The van der Waals surface area contributed by atoms with Crippen LogP contribution in [0, 0.1) is 5.92 Å². The molecule has 0 aromatic carbocycles. The van der Waals surface area contributed by atoms with Gasteiger partial charge >= 0.3 is 0 Å². The van der Waals surface area contributed by atoms with Gasteiger partial charge in [0, 0.05) is 19.4 Å². The Morgan fingerprint density at radius 2 is 1.65 bits per heavy atom. The maximum atomic E-state index is 10.8. The van der Waals surface area contributed by atoms with Crippen molar-refractivity contribution in [2.75, 3.05) is 6.54 Å². The maximum Gasteiger partial charge on any atom is 0.216 e. The molecule has 0 aromatic heterocycles. The number of carbonyl (C=O) groups is 2. The van der Waals surface area contributed by atoms with Crippen molar-refractivity contribution in [2.45, 2.75) is 78.1 Å². The van der Waals surface area contributed by atoms with E-state index in [9.17, 15) is 14.7 Å². The van der Waals surface area contributed by atoms with E-state index < -0.39 is 5.97 Å². The van der Waals surface area contributed by atoms with Crippen molar-refractivity contribution < 1.29 is 14.7 Å². The summed E-state index contributed by atoms with van der Waals surface area (Å²) in [5, 5.41) is 13.4. The van der Waals surface area contributed by atoms with E-state index in [2.05, 4.69) is 12.2 Å². The number of nitrogens with one attached hydrogen (secondary N) is 1. The first-order valence-corrected chi connectivity index (χ1v) is 8.00. The molecule has 1 atom stereocenters. The summed E-state index contributed by atoms with van der Waals surface area (Å²) in [6.07, 6.45) is 10.1. The molecule has 4 nitrogen and oxygen atoms in total. The molecule has 0 fully saturated rings. The van der Waals surface area contributed by atoms with Crippen LogP contribution >= 0.6 is 0 Å². The number of amides is 1. The van der Waals surface area contributed by atoms with Crippen LogP contribution < -0.4 is 10.4 Å². The second kappa shape index (κ2) is 12.9. The molecule has 0 saturated heterocycles. The minimum absolute atomic E-state index is 0.00384. The molecule has 1 N–H and O–H groups in total. The Morgan fingerprint density at radius 1 is 1.00 bits per heavy atom. The van der Waals surface area contributed by atoms with Gasteiger partial charge in [-0.2, -0.15) is 0 Å². The second-order valence-electron chi connectivity index (χ2n) is 5.60. The lowest BCUT2D eigenvalue weighted by Crippen LogP contribution is -2.23. The Balaban J connectivity index is 3.81. The van der Waals surface area contributed by atoms with E-state index in [1.807, 2.05) is 0 Å². The Bertz CT molecular complexity index is 266. The molecule has 0 aromatic rings. The third-order valence-corrected chi connectivity index (χ3v) is 3.64. The van der Waals surface area contributed by atoms with Gasteiger partial charge in [-0.3, -0.25) is 4.79 Å². The van der Waals surface area contributed by atoms with Gasteiger partial charge in [-0.15, -0.1) is 0 Å². The standard InChI is InChI=1S/C16H31NO3/c1-3-4-5-6-7-9-15(11-12-16(19)20)10-8-13-17-14(2)18/h15H,3-13H2,1-2H3,(H,17,18)(H,19,20)/p-1. The zero-order valence-corrected chi connectivity index (χ0v) is 13.1. The SMILES string of the molecule is CCCCCCCC(CCCNC(C)=O)CCC(=O)[O-]. The molecular formula is C16H30NO3-. The average Bonchev–Trinajstić information content (AvgIpc) is 2.39. The summed E-state index contributed by atoms with van der Waals surface area (Å²) in [4.78, 5) is 21.3. The van der Waals surface area contributed by atoms with Crippen LogP contribution in [-0.4, -0.2) is 18.4 Å². The first-order chi connectivity index (χ1) is 9.56. The van der Waals surface area contributed by atoms with Crippen molar-refractivity contribution in [3.63, 3.8) is 0 Å². The highest BCUT2D eigenvalue weighted by Gasteiger charge is 2.09. The summed E-state index contributed by atoms with van der Waals surface area (Å²) in [5.41, 5.74) is 0. The molecule has 0 heterocycles. The Kier molecular flexibility index (Phi) is 12.3. The fourth-order valence-electron chi connectivity index (χ4n) is 2.45. The number of hydrogen-bond acceptors (Lipinski definition) is 3. The molecule has 0 aliphatic carbocycles. The molecule has 0 rings (SSSR count). The van der Waals surface area contributed by atoms with Gasteiger partial charge in [-0.25, -0.2) is 0 Å². The second-order valence-corrected chi connectivity index (χ2v) is 5.60. The number of unbranched alkanes of at least 4 members (excludes halogenated alkanes) is 4. The van der Waals surface area contributed by atoms with Crippen molar-refractivity contribution in [1.29, 1.82) is 0 Å². The normalized spacial score (nSPS) is 12.1. The Hall–Kier alpha value is -1.06. The van der Waals surface area contributed by atoms with E-state index in [1.54, 1.807) is 0 Å². The lowest BCUT2D eigenvalue weighted by atomic mass is 9.91. The first-order valence-electron chi connectivity index (χ1n) is 8.00. The van der Waals surface area contributed by atoms with Crippen LogP contribution in [0.4, 0.5) is 0 Å². The van der Waals surface area contributed by atoms with Gasteiger partial charge in [0.15, 0.2) is 0 Å². The number of aliphatic carboxylic acids is 1. The number of rotatable bonds is 13. The maximum absolute atomic E-state index is 10.8. The van der Waals surface area contributed by atoms with Crippen LogP contribution in [0.15, 0.2) is 0 Å². The van der Waals surface area contributed by atoms with Crippen molar-refractivity contribution in [2.24, 2.45) is 5.92 Å². The number of hydrogen-bond donors (Lipinski definition) is 1. The van der Waals surface area contributed by atoms with E-state index in [0.717, 1.165) is 19.3 Å². The number of carboxylic acids is 1. The van der Waals surface area contributed by atoms with Crippen LogP contribution in [0.3, 0.4) is 0 Å². The third-order valence-electron chi connectivity index (χ3n) is 3.64. The van der Waals surface area contributed by atoms with Crippen LogP contribution in [0.25, 0.3) is 0 Å². The predicted octanol–water partition coefficient (Wildman–Crippen LogP) is 2.41. The topological polar surface area (TPSA) is 69.2 Å². The van der Waals surface area contributed by atoms with Gasteiger partial charge in [-0.05, 0) is 31.6 Å². The number of carbonyl (C=O) groups excluding carboxylic acids is 2. The van der Waals surface area contributed by atoms with Crippen molar-refractivity contribution in [1.82, 2.24) is 5.32 Å². The predicted molar refractivity (Wildman–Crippen MR) is 79.0 cm³/mol. The molecule has 118 valence electrons. The Labute approximate surface area is 123 Å². The van der Waals surface area contributed by atoms with Gasteiger partial charge in [0.2, 0.25) is 5.91 Å². The molecule has 0 spiro atoms. The minimum Gasteiger partial charge on any atom is -0.550 e. The molecule has 0 saturated carbocycles. The summed E-state index contributed by atoms with van der Waals surface area (Å²) in [5.74, 6) is -0.512. The zero-order valence-electron chi connectivity index (χ0n) is 13.1. The van der Waals surface area contributed by atoms with Crippen molar-refractivity contribution >= 4 is 11.9 Å². The highest BCUT2D eigenvalue weighted by Crippen LogP contribution is 2.21. The highest BCUT2D eigenvalue weighted by atomic mass is 16.4. The summed E-state index contributed by atoms with van der Waals surface area (Å²) in [6, 6.07) is 0. The number of carboxylic acid groups (broad SMARTS) is 1. The highest BCUT2D eigenvalue weighted by molar-refractivity contribution is 5.72. The van der Waals surface area contributed by atoms with Crippen LogP contribution in [-0.2, 0) is 9.59 Å². The molecule has 4 heteroatoms. The minimum atomic E-state index is -0.956. The van der Waals surface area contributed by atoms with E-state index in [-0.39, 0.29) is 12.3 Å². The average molecular weight is 284 g/mol. The molecule has 0 aliphatic heterocycles. The fourth-order valence-corrected chi connectivity index (χ4v) is 2.45. The molecule has 0 aliphatic rings. The Morgan fingerprint density at radius 3 is 2.25 bits per heavy atom. The molecule has 0 radical (unpaired) electrons. The monoisotopic (exact) mass is 284 g/mol. The third kappa shape index (κ3) is 13.4. The van der Waals surface area contributed by atoms with E-state index in [1.165, 1.54) is 39.0 Å². The zero-order chi connectivity index (χ0) is 15.2. The van der Waals surface area contributed by atoms with E-state index >= 15 is 0 Å². The van der Waals surface area contributed by atoms with Gasteiger partial charge in [0.05, 0.1) is 0 Å². The van der Waals surface area contributed by atoms with Crippen LogP contribution in [0.5, 0.6) is 0 Å². The quantitative estimate of drug-likeness (QED) is 0.528. The molecule has 1 amide bonds. The largest absolute Gasteiger partial charge is 0.550 e. The van der Waals surface area contributed by atoms with Gasteiger partial charge in [0.25, 0.3) is 0 Å². The summed E-state index contributed by atoms with van der Waals surface area (Å²) < 4.78 is 0. The van der Waals surface area contributed by atoms with Crippen LogP contribution in [0.1, 0.15) is 78.1 Å². The summed E-state index contributed by atoms with van der Waals surface area (Å²) in [7, 11) is 0.